The van der Waals surface area contributed by atoms with Gasteiger partial charge in [0, 0.05) is 0 Å². The Morgan fingerprint density at radius 3 is 2.38 bits per heavy atom. The monoisotopic (exact) mass is 357 g/mol. The Bertz CT molecular complexity index is 595. The summed E-state index contributed by atoms with van der Waals surface area (Å²) in [6.45, 7) is 2.21. The molecule has 0 aromatic heterocycles. The van der Waals surface area contributed by atoms with Crippen molar-refractivity contribution in [3.63, 3.8) is 0 Å². The van der Waals surface area contributed by atoms with E-state index < -0.39 is 0 Å². The van der Waals surface area contributed by atoms with E-state index in [9.17, 15) is 10.1 Å². The summed E-state index contributed by atoms with van der Waals surface area (Å²) in [6, 6.07) is 9.54. The first-order valence-electron chi connectivity index (χ1n) is 9.89. The van der Waals surface area contributed by atoms with Gasteiger partial charge >= 0.3 is 5.97 Å². The molecule has 2 rings (SSSR count). The molecule has 0 amide bonds. The normalized spacial score (nSPS) is 22.4. The third-order valence-electron chi connectivity index (χ3n) is 5.49. The number of carbonyl (C=O) groups is 1. The molecule has 1 aliphatic carbocycles. The van der Waals surface area contributed by atoms with Crippen LogP contribution in [0.15, 0.2) is 24.3 Å². The number of hydrogen-bond donors (Lipinski definition) is 0. The molecule has 1 aromatic rings. The topological polar surface area (TPSA) is 59.3 Å². The SMILES string of the molecule is CCCCCCCC1(C#N)CCC(OC(=O)c2ccc(OC)cc2)CC1. The smallest absolute Gasteiger partial charge is 0.338 e. The van der Waals surface area contributed by atoms with Gasteiger partial charge in [-0.3, -0.25) is 0 Å². The summed E-state index contributed by atoms with van der Waals surface area (Å²) in [4.78, 5) is 12.3. The summed E-state index contributed by atoms with van der Waals surface area (Å²) < 4.78 is 10.8. The van der Waals surface area contributed by atoms with Crippen LogP contribution in [0.5, 0.6) is 5.75 Å². The summed E-state index contributed by atoms with van der Waals surface area (Å²) in [5.74, 6) is 0.429. The molecule has 1 aromatic carbocycles. The molecule has 1 saturated carbocycles. The van der Waals surface area contributed by atoms with E-state index in [0.29, 0.717) is 5.56 Å². The zero-order valence-electron chi connectivity index (χ0n) is 16.1. The van der Waals surface area contributed by atoms with Crippen molar-refractivity contribution in [1.82, 2.24) is 0 Å². The van der Waals surface area contributed by atoms with Crippen molar-refractivity contribution in [3.05, 3.63) is 29.8 Å². The number of hydrogen-bond acceptors (Lipinski definition) is 4. The number of esters is 1. The summed E-state index contributed by atoms with van der Waals surface area (Å²) in [5, 5.41) is 9.67. The number of ether oxygens (including phenoxy) is 2. The Balaban J connectivity index is 1.78. The number of nitriles is 1. The molecule has 1 fully saturated rings. The van der Waals surface area contributed by atoms with Crippen LogP contribution in [0.2, 0.25) is 0 Å². The highest BCUT2D eigenvalue weighted by Crippen LogP contribution is 2.41. The van der Waals surface area contributed by atoms with Gasteiger partial charge in [-0.15, -0.1) is 0 Å². The lowest BCUT2D eigenvalue weighted by molar-refractivity contribution is 0.0105. The predicted molar refractivity (Wildman–Crippen MR) is 102 cm³/mol. The van der Waals surface area contributed by atoms with Crippen LogP contribution in [0.1, 0.15) is 81.5 Å². The molecule has 0 N–H and O–H groups in total. The lowest BCUT2D eigenvalue weighted by atomic mass is 9.71. The molecule has 0 bridgehead atoms. The van der Waals surface area contributed by atoms with Gasteiger partial charge < -0.3 is 9.47 Å². The average molecular weight is 357 g/mol. The molecule has 26 heavy (non-hydrogen) atoms. The molecule has 0 unspecified atom stereocenters. The van der Waals surface area contributed by atoms with Crippen LogP contribution in [0.25, 0.3) is 0 Å². The number of carbonyl (C=O) groups excluding carboxylic acids is 1. The first-order valence-corrected chi connectivity index (χ1v) is 9.89. The van der Waals surface area contributed by atoms with E-state index in [-0.39, 0.29) is 17.5 Å². The summed E-state index contributed by atoms with van der Waals surface area (Å²) in [7, 11) is 1.60. The van der Waals surface area contributed by atoms with Crippen molar-refractivity contribution >= 4 is 5.97 Å². The van der Waals surface area contributed by atoms with Crippen LogP contribution < -0.4 is 4.74 Å². The number of rotatable bonds is 9. The third kappa shape index (κ3) is 5.76. The van der Waals surface area contributed by atoms with E-state index >= 15 is 0 Å². The van der Waals surface area contributed by atoms with Crippen LogP contribution in [-0.4, -0.2) is 19.2 Å². The van der Waals surface area contributed by atoms with Gasteiger partial charge in [0.1, 0.15) is 11.9 Å². The Morgan fingerprint density at radius 1 is 1.15 bits per heavy atom. The van der Waals surface area contributed by atoms with E-state index in [1.807, 2.05) is 0 Å². The minimum atomic E-state index is -0.290. The number of methoxy groups -OCH3 is 1. The lowest BCUT2D eigenvalue weighted by Gasteiger charge is -2.34. The van der Waals surface area contributed by atoms with Gasteiger partial charge in [0.2, 0.25) is 0 Å². The number of benzene rings is 1. The summed E-state index contributed by atoms with van der Waals surface area (Å²) in [5.41, 5.74) is 0.328. The van der Waals surface area contributed by atoms with Gasteiger partial charge in [0.15, 0.2) is 0 Å². The van der Waals surface area contributed by atoms with Crippen LogP contribution in [-0.2, 0) is 4.74 Å². The largest absolute Gasteiger partial charge is 0.497 e. The molecule has 0 saturated heterocycles. The molecule has 4 heteroatoms. The Hall–Kier alpha value is -2.02. The zero-order chi connectivity index (χ0) is 18.8. The fourth-order valence-corrected chi connectivity index (χ4v) is 3.69. The molecule has 0 atom stereocenters. The van der Waals surface area contributed by atoms with Crippen LogP contribution in [0.4, 0.5) is 0 Å². The first-order chi connectivity index (χ1) is 12.6. The van der Waals surface area contributed by atoms with E-state index in [1.165, 1.54) is 25.7 Å². The highest BCUT2D eigenvalue weighted by atomic mass is 16.5. The fraction of sp³-hybridized carbons (Fsp3) is 0.636. The maximum atomic E-state index is 12.3. The maximum absolute atomic E-state index is 12.3. The molecule has 0 aliphatic heterocycles. The predicted octanol–water partition coefficient (Wildman–Crippen LogP) is 5.67. The van der Waals surface area contributed by atoms with Crippen LogP contribution in [0.3, 0.4) is 0 Å². The van der Waals surface area contributed by atoms with Gasteiger partial charge in [-0.1, -0.05) is 39.0 Å². The Morgan fingerprint density at radius 2 is 1.81 bits per heavy atom. The van der Waals surface area contributed by atoms with Crippen molar-refractivity contribution in [2.75, 3.05) is 7.11 Å². The van der Waals surface area contributed by atoms with Crippen molar-refractivity contribution in [2.45, 2.75) is 77.2 Å². The second-order valence-corrected chi connectivity index (χ2v) is 7.39. The van der Waals surface area contributed by atoms with Crippen molar-refractivity contribution in [2.24, 2.45) is 5.41 Å². The van der Waals surface area contributed by atoms with Gasteiger partial charge in [-0.2, -0.15) is 5.26 Å². The van der Waals surface area contributed by atoms with Crippen LogP contribution >= 0.6 is 0 Å². The number of unbranched alkanes of at least 4 members (excludes halogenated alkanes) is 4. The average Bonchev–Trinajstić information content (AvgIpc) is 2.69. The van der Waals surface area contributed by atoms with Crippen molar-refractivity contribution in [1.29, 1.82) is 5.26 Å². The Labute approximate surface area is 157 Å². The molecular formula is C22H31NO3. The zero-order valence-corrected chi connectivity index (χ0v) is 16.1. The molecule has 0 heterocycles. The first kappa shape index (κ1) is 20.3. The Kier molecular flexibility index (Phi) is 7.97. The van der Waals surface area contributed by atoms with Gasteiger partial charge in [0.25, 0.3) is 0 Å². The molecular weight excluding hydrogens is 326 g/mol. The van der Waals surface area contributed by atoms with Gasteiger partial charge in [-0.05, 0) is 56.4 Å². The quantitative estimate of drug-likeness (QED) is 0.422. The highest BCUT2D eigenvalue weighted by Gasteiger charge is 2.36. The second kappa shape index (κ2) is 10.2. The minimum absolute atomic E-state index is 0.0776. The van der Waals surface area contributed by atoms with Crippen molar-refractivity contribution < 1.29 is 14.3 Å². The highest BCUT2D eigenvalue weighted by molar-refractivity contribution is 5.89. The summed E-state index contributed by atoms with van der Waals surface area (Å²) in [6.07, 6.45) is 10.3. The second-order valence-electron chi connectivity index (χ2n) is 7.39. The molecule has 142 valence electrons. The van der Waals surface area contributed by atoms with E-state index in [4.69, 9.17) is 9.47 Å². The summed E-state index contributed by atoms with van der Waals surface area (Å²) >= 11 is 0. The van der Waals surface area contributed by atoms with Crippen LogP contribution in [0, 0.1) is 16.7 Å². The minimum Gasteiger partial charge on any atom is -0.497 e. The van der Waals surface area contributed by atoms with E-state index in [0.717, 1.165) is 44.3 Å². The molecule has 0 radical (unpaired) electrons. The van der Waals surface area contributed by atoms with Gasteiger partial charge in [0.05, 0.1) is 24.2 Å². The maximum Gasteiger partial charge on any atom is 0.338 e. The standard InChI is InChI=1S/C22H31NO3/c1-3-4-5-6-7-14-22(17-23)15-12-20(13-16-22)26-21(24)18-8-10-19(25-2)11-9-18/h8-11,20H,3-7,12-16H2,1-2H3. The fourth-order valence-electron chi connectivity index (χ4n) is 3.69. The lowest BCUT2D eigenvalue weighted by Crippen LogP contribution is -2.31. The van der Waals surface area contributed by atoms with Gasteiger partial charge in [-0.25, -0.2) is 4.79 Å². The molecule has 1 aliphatic rings. The third-order valence-corrected chi connectivity index (χ3v) is 5.49. The van der Waals surface area contributed by atoms with Crippen molar-refractivity contribution in [3.8, 4) is 11.8 Å². The number of nitrogens with zero attached hydrogens (tertiary/aromatic N) is 1. The molecule has 0 spiro atoms. The van der Waals surface area contributed by atoms with E-state index in [2.05, 4.69) is 13.0 Å². The van der Waals surface area contributed by atoms with E-state index in [1.54, 1.807) is 31.4 Å². The molecule has 4 nitrogen and oxygen atoms in total.